The molecule has 2 unspecified atom stereocenters. The first kappa shape index (κ1) is 12.7. The van der Waals surface area contributed by atoms with E-state index >= 15 is 0 Å². The van der Waals surface area contributed by atoms with Gasteiger partial charge in [0.15, 0.2) is 0 Å². The number of carboxylic acids is 1. The van der Waals surface area contributed by atoms with Gasteiger partial charge in [-0.25, -0.2) is 9.80 Å². The summed E-state index contributed by atoms with van der Waals surface area (Å²) in [4.78, 5) is 23.9. The summed E-state index contributed by atoms with van der Waals surface area (Å²) in [6.45, 7) is 0.411. The molecule has 2 N–H and O–H groups in total. The molecule has 1 rings (SSSR count). The first-order chi connectivity index (χ1) is 7.43. The van der Waals surface area contributed by atoms with E-state index in [4.69, 9.17) is 9.84 Å². The summed E-state index contributed by atoms with van der Waals surface area (Å²) in [7, 11) is 4.94. The lowest BCUT2D eigenvalue weighted by atomic mass is 10.0. The van der Waals surface area contributed by atoms with Gasteiger partial charge < -0.3 is 14.7 Å². The maximum Gasteiger partial charge on any atom is 0.331 e. The van der Waals surface area contributed by atoms with Crippen molar-refractivity contribution in [3.05, 3.63) is 0 Å². The highest BCUT2D eigenvalue weighted by Crippen LogP contribution is 2.18. The summed E-state index contributed by atoms with van der Waals surface area (Å²) >= 11 is 0. The molecule has 0 spiro atoms. The Morgan fingerprint density at radius 1 is 1.31 bits per heavy atom. The van der Waals surface area contributed by atoms with Crippen molar-refractivity contribution in [2.75, 3.05) is 34.4 Å². The fourth-order valence-corrected chi connectivity index (χ4v) is 1.58. The summed E-state index contributed by atoms with van der Waals surface area (Å²) in [5.41, 5.74) is 2.55. The predicted molar refractivity (Wildman–Crippen MR) is 55.7 cm³/mol. The summed E-state index contributed by atoms with van der Waals surface area (Å²) in [6, 6.07) is -0.760. The lowest BCUT2D eigenvalue weighted by molar-refractivity contribution is -0.142. The number of hydrazine groups is 1. The maximum atomic E-state index is 11.6. The van der Waals surface area contributed by atoms with Gasteiger partial charge in [-0.3, -0.25) is 10.2 Å². The van der Waals surface area contributed by atoms with Crippen molar-refractivity contribution in [2.24, 2.45) is 5.92 Å². The predicted octanol–water partition coefficient (Wildman–Crippen LogP) is -0.796. The van der Waals surface area contributed by atoms with Crippen molar-refractivity contribution in [3.63, 3.8) is 0 Å². The van der Waals surface area contributed by atoms with Crippen LogP contribution in [0.3, 0.4) is 0 Å². The topological polar surface area (TPSA) is 82.1 Å². The molecule has 0 aromatic rings. The fraction of sp³-hybridized carbons (Fsp3) is 0.778. The van der Waals surface area contributed by atoms with Crippen LogP contribution in [0.2, 0.25) is 0 Å². The van der Waals surface area contributed by atoms with Crippen molar-refractivity contribution in [1.29, 1.82) is 0 Å². The average molecular weight is 231 g/mol. The number of carboxylic acid groups (broad SMARTS) is 1. The molecule has 0 aromatic heterocycles. The van der Waals surface area contributed by atoms with E-state index in [-0.39, 0.29) is 19.2 Å². The van der Waals surface area contributed by atoms with Gasteiger partial charge in [-0.1, -0.05) is 0 Å². The number of aliphatic carboxylic acids is 1. The van der Waals surface area contributed by atoms with E-state index in [0.717, 1.165) is 0 Å². The molecular weight excluding hydrogens is 214 g/mol. The molecule has 1 aliphatic rings. The van der Waals surface area contributed by atoms with Gasteiger partial charge >= 0.3 is 12.0 Å². The van der Waals surface area contributed by atoms with Gasteiger partial charge in [0.25, 0.3) is 0 Å². The van der Waals surface area contributed by atoms with Gasteiger partial charge in [0.1, 0.15) is 5.92 Å². The van der Waals surface area contributed by atoms with Gasteiger partial charge in [0.2, 0.25) is 0 Å². The Balaban J connectivity index is 2.62. The third kappa shape index (κ3) is 2.83. The minimum absolute atomic E-state index is 0.152. The summed E-state index contributed by atoms with van der Waals surface area (Å²) in [5, 5.41) is 10.5. The van der Waals surface area contributed by atoms with Crippen LogP contribution in [0.25, 0.3) is 0 Å². The van der Waals surface area contributed by atoms with Crippen molar-refractivity contribution in [2.45, 2.75) is 6.04 Å². The van der Waals surface area contributed by atoms with E-state index in [0.29, 0.717) is 0 Å². The number of amides is 2. The number of urea groups is 1. The van der Waals surface area contributed by atoms with Gasteiger partial charge in [-0.05, 0) is 0 Å². The van der Waals surface area contributed by atoms with E-state index < -0.39 is 17.9 Å². The molecule has 0 saturated carbocycles. The summed E-state index contributed by atoms with van der Waals surface area (Å²) < 4.78 is 5.09. The number of rotatable bonds is 3. The van der Waals surface area contributed by atoms with Crippen LogP contribution in [-0.2, 0) is 9.53 Å². The molecule has 7 nitrogen and oxygen atoms in total. The van der Waals surface area contributed by atoms with Gasteiger partial charge in [0.05, 0.1) is 19.3 Å². The highest BCUT2D eigenvalue weighted by molar-refractivity contribution is 5.76. The molecule has 2 atom stereocenters. The van der Waals surface area contributed by atoms with Gasteiger partial charge in [-0.2, -0.15) is 0 Å². The molecule has 1 saturated heterocycles. The average Bonchev–Trinajstić information content (AvgIpc) is 2.63. The molecule has 16 heavy (non-hydrogen) atoms. The van der Waals surface area contributed by atoms with Crippen LogP contribution in [0.4, 0.5) is 4.79 Å². The fourth-order valence-electron chi connectivity index (χ4n) is 1.58. The Kier molecular flexibility index (Phi) is 4.08. The Bertz CT molecular complexity index is 282. The van der Waals surface area contributed by atoms with Crippen LogP contribution >= 0.6 is 0 Å². The molecule has 0 aromatic carbocycles. The van der Waals surface area contributed by atoms with E-state index in [2.05, 4.69) is 5.43 Å². The Morgan fingerprint density at radius 3 is 2.44 bits per heavy atom. The largest absolute Gasteiger partial charge is 0.481 e. The maximum absolute atomic E-state index is 11.6. The molecule has 7 heteroatoms. The van der Waals surface area contributed by atoms with Crippen molar-refractivity contribution >= 4 is 12.0 Å². The normalized spacial score (nSPS) is 24.5. The Morgan fingerprint density at radius 2 is 1.94 bits per heavy atom. The van der Waals surface area contributed by atoms with E-state index in [1.807, 2.05) is 0 Å². The molecule has 92 valence electrons. The van der Waals surface area contributed by atoms with Crippen LogP contribution in [0.15, 0.2) is 0 Å². The highest BCUT2D eigenvalue weighted by Gasteiger charge is 2.38. The lowest BCUT2D eigenvalue weighted by Crippen LogP contribution is -2.51. The zero-order valence-corrected chi connectivity index (χ0v) is 9.64. The number of hydrogen-bond donors (Lipinski definition) is 2. The summed E-state index contributed by atoms with van der Waals surface area (Å²) in [6.07, 6.45) is 0. The second-order valence-electron chi connectivity index (χ2n) is 3.97. The zero-order valence-electron chi connectivity index (χ0n) is 9.64. The Hall–Kier alpha value is -1.34. The van der Waals surface area contributed by atoms with Crippen LogP contribution in [-0.4, -0.2) is 67.4 Å². The minimum atomic E-state index is -0.938. The number of nitrogens with zero attached hydrogens (tertiary/aromatic N) is 2. The monoisotopic (exact) mass is 231 g/mol. The van der Waals surface area contributed by atoms with E-state index in [9.17, 15) is 9.59 Å². The second kappa shape index (κ2) is 5.13. The number of carbonyl (C=O) groups excluding carboxylic acids is 1. The Labute approximate surface area is 93.9 Å². The molecule has 1 heterocycles. The van der Waals surface area contributed by atoms with Gasteiger partial charge in [-0.15, -0.1) is 0 Å². The number of nitrogens with one attached hydrogen (secondary N) is 1. The van der Waals surface area contributed by atoms with Crippen LogP contribution in [0.1, 0.15) is 0 Å². The molecular formula is C9H17N3O4. The quantitative estimate of drug-likeness (QED) is 0.622. The first-order valence-electron chi connectivity index (χ1n) is 4.94. The third-order valence-electron chi connectivity index (χ3n) is 2.50. The molecule has 2 amide bonds. The SMILES string of the molecule is CN(C)NC(=O)N(C)C1COCC1C(=O)O. The molecule has 0 bridgehead atoms. The van der Waals surface area contributed by atoms with Crippen molar-refractivity contribution in [1.82, 2.24) is 15.3 Å². The molecule has 1 aliphatic heterocycles. The number of hydrogen-bond acceptors (Lipinski definition) is 4. The lowest BCUT2D eigenvalue weighted by Gasteiger charge is -2.27. The van der Waals surface area contributed by atoms with Crippen molar-refractivity contribution in [3.8, 4) is 0 Å². The third-order valence-corrected chi connectivity index (χ3v) is 2.50. The molecule has 0 radical (unpaired) electrons. The van der Waals surface area contributed by atoms with E-state index in [1.165, 1.54) is 9.91 Å². The first-order valence-corrected chi connectivity index (χ1v) is 4.94. The minimum Gasteiger partial charge on any atom is -0.481 e. The van der Waals surface area contributed by atoms with Crippen LogP contribution in [0.5, 0.6) is 0 Å². The molecule has 0 aliphatic carbocycles. The molecule has 1 fully saturated rings. The standard InChI is InChI=1S/C9H17N3O4/c1-11(2)10-9(15)12(3)7-5-16-4-6(7)8(13)14/h6-7H,4-5H2,1-3H3,(H,10,15)(H,13,14). The summed E-state index contributed by atoms with van der Waals surface area (Å²) in [5.74, 6) is -1.59. The zero-order chi connectivity index (χ0) is 12.3. The second-order valence-corrected chi connectivity index (χ2v) is 3.97. The number of likely N-dealkylation sites (N-methyl/N-ethyl adjacent to an activating group) is 1. The van der Waals surface area contributed by atoms with Crippen molar-refractivity contribution < 1.29 is 19.4 Å². The van der Waals surface area contributed by atoms with E-state index in [1.54, 1.807) is 21.1 Å². The number of ether oxygens (including phenoxy) is 1. The van der Waals surface area contributed by atoms with Crippen LogP contribution < -0.4 is 5.43 Å². The number of carbonyl (C=O) groups is 2. The van der Waals surface area contributed by atoms with Crippen LogP contribution in [0, 0.1) is 5.92 Å². The highest BCUT2D eigenvalue weighted by atomic mass is 16.5. The smallest absolute Gasteiger partial charge is 0.331 e. The van der Waals surface area contributed by atoms with Gasteiger partial charge in [0, 0.05) is 21.1 Å².